The van der Waals surface area contributed by atoms with E-state index in [0.717, 1.165) is 17.7 Å². The van der Waals surface area contributed by atoms with E-state index >= 15 is 0 Å². The average Bonchev–Trinajstić information content (AvgIpc) is 3.39. The summed E-state index contributed by atoms with van der Waals surface area (Å²) in [5.74, 6) is -0.0562. The molecule has 1 amide bonds. The number of hydrogen-bond donors (Lipinski definition) is 1. The highest BCUT2D eigenvalue weighted by molar-refractivity contribution is 5.91. The number of oxazole rings is 1. The van der Waals surface area contributed by atoms with Gasteiger partial charge in [-0.15, -0.1) is 0 Å². The number of alkyl halides is 3. The minimum Gasteiger partial charge on any atom is -0.472 e. The Morgan fingerprint density at radius 2 is 1.88 bits per heavy atom. The Morgan fingerprint density at radius 1 is 1.09 bits per heavy atom. The molecular weight excluding hydrogens is 425 g/mol. The molecule has 0 saturated carbocycles. The topological polar surface area (TPSA) is 74.8 Å². The molecule has 3 rings (SSSR count). The van der Waals surface area contributed by atoms with Crippen LogP contribution in [0, 0.1) is 0 Å². The van der Waals surface area contributed by atoms with Gasteiger partial charge in [0.25, 0.3) is 5.91 Å². The number of likely N-dealkylation sites (N-methyl/N-ethyl adjacent to an activating group) is 1. The molecule has 2 heterocycles. The van der Waals surface area contributed by atoms with Crippen LogP contribution in [0.3, 0.4) is 0 Å². The molecule has 2 aromatic heterocycles. The molecule has 0 aliphatic rings. The van der Waals surface area contributed by atoms with E-state index in [-0.39, 0.29) is 24.7 Å². The van der Waals surface area contributed by atoms with E-state index in [4.69, 9.17) is 8.83 Å². The largest absolute Gasteiger partial charge is 0.472 e. The maximum atomic E-state index is 13.1. The van der Waals surface area contributed by atoms with Gasteiger partial charge in [-0.25, -0.2) is 4.98 Å². The van der Waals surface area contributed by atoms with Crippen molar-refractivity contribution in [1.82, 2.24) is 20.1 Å². The highest BCUT2D eigenvalue weighted by Crippen LogP contribution is 2.30. The van der Waals surface area contributed by atoms with Crippen LogP contribution in [0.2, 0.25) is 0 Å². The van der Waals surface area contributed by atoms with Crippen molar-refractivity contribution in [1.29, 1.82) is 0 Å². The van der Waals surface area contributed by atoms with Gasteiger partial charge in [0.1, 0.15) is 6.26 Å². The Hall–Kier alpha value is -3.11. The lowest BCUT2D eigenvalue weighted by molar-refractivity contribution is -0.137. The minimum absolute atomic E-state index is 0.154. The normalized spacial score (nSPS) is 12.0. The van der Waals surface area contributed by atoms with Crippen molar-refractivity contribution in [2.75, 3.05) is 27.2 Å². The van der Waals surface area contributed by atoms with Crippen LogP contribution >= 0.6 is 0 Å². The fraction of sp³-hybridized carbons (Fsp3) is 0.364. The lowest BCUT2D eigenvalue weighted by atomic mass is 10.1. The van der Waals surface area contributed by atoms with Gasteiger partial charge in [-0.05, 0) is 31.8 Å². The number of aromatic nitrogens is 1. The Kier molecular flexibility index (Phi) is 7.70. The van der Waals surface area contributed by atoms with Crippen LogP contribution in [0.5, 0.6) is 0 Å². The van der Waals surface area contributed by atoms with E-state index in [9.17, 15) is 18.0 Å². The van der Waals surface area contributed by atoms with Gasteiger partial charge in [0.05, 0.1) is 24.6 Å². The van der Waals surface area contributed by atoms with E-state index in [0.29, 0.717) is 31.1 Å². The summed E-state index contributed by atoms with van der Waals surface area (Å²) in [5.41, 5.74) is 0.800. The minimum atomic E-state index is -4.41. The smallest absolute Gasteiger partial charge is 0.416 e. The van der Waals surface area contributed by atoms with Gasteiger partial charge < -0.3 is 19.1 Å². The molecule has 0 saturated heterocycles. The van der Waals surface area contributed by atoms with Crippen LogP contribution < -0.4 is 5.32 Å². The first kappa shape index (κ1) is 23.6. The Morgan fingerprint density at radius 3 is 2.56 bits per heavy atom. The summed E-state index contributed by atoms with van der Waals surface area (Å²) in [7, 11) is 3.80. The van der Waals surface area contributed by atoms with Crippen molar-refractivity contribution in [2.24, 2.45) is 0 Å². The first-order valence-electron chi connectivity index (χ1n) is 9.97. The lowest BCUT2D eigenvalue weighted by Crippen LogP contribution is -2.31. The van der Waals surface area contributed by atoms with Crippen LogP contribution in [0.4, 0.5) is 13.2 Å². The van der Waals surface area contributed by atoms with Crippen molar-refractivity contribution in [3.8, 4) is 0 Å². The third-order valence-electron chi connectivity index (χ3n) is 4.63. The number of nitrogens with zero attached hydrogens (tertiary/aromatic N) is 3. The zero-order valence-corrected chi connectivity index (χ0v) is 17.9. The maximum Gasteiger partial charge on any atom is 0.416 e. The standard InChI is InChI=1S/C22H25F3N4O3/c1-28(2)8-7-26-21(30)19-15-32-20(27-19)13-29(12-17-6-9-31-14-17)11-16-4-3-5-18(10-16)22(23,24)25/h3-6,9-10,14-15H,7-8,11-13H2,1-2H3,(H,26,30). The van der Waals surface area contributed by atoms with Crippen molar-refractivity contribution >= 4 is 5.91 Å². The Bertz CT molecular complexity index is 1000. The van der Waals surface area contributed by atoms with Gasteiger partial charge in [0.15, 0.2) is 5.69 Å². The number of hydrogen-bond acceptors (Lipinski definition) is 6. The summed E-state index contributed by atoms with van der Waals surface area (Å²) in [5, 5.41) is 2.76. The van der Waals surface area contributed by atoms with Gasteiger partial charge in [-0.1, -0.05) is 18.2 Å². The number of nitrogens with one attached hydrogen (secondary N) is 1. The summed E-state index contributed by atoms with van der Waals surface area (Å²) in [4.78, 5) is 20.3. The number of carbonyl (C=O) groups is 1. The molecule has 3 aromatic rings. The SMILES string of the molecule is CN(C)CCNC(=O)c1coc(CN(Cc2ccoc2)Cc2cccc(C(F)(F)F)c2)n1. The van der Waals surface area contributed by atoms with Gasteiger partial charge in [-0.3, -0.25) is 9.69 Å². The number of carbonyl (C=O) groups excluding carboxylic acids is 1. The van der Waals surface area contributed by atoms with E-state index < -0.39 is 11.7 Å². The third kappa shape index (κ3) is 6.96. The van der Waals surface area contributed by atoms with Gasteiger partial charge in [0.2, 0.25) is 5.89 Å². The quantitative estimate of drug-likeness (QED) is 0.507. The molecule has 0 spiro atoms. The average molecular weight is 450 g/mol. The number of benzene rings is 1. The molecule has 32 heavy (non-hydrogen) atoms. The van der Waals surface area contributed by atoms with E-state index in [1.165, 1.54) is 18.6 Å². The van der Waals surface area contributed by atoms with Crippen molar-refractivity contribution in [2.45, 2.75) is 25.8 Å². The van der Waals surface area contributed by atoms with Crippen LogP contribution in [0.1, 0.15) is 33.1 Å². The van der Waals surface area contributed by atoms with Crippen LogP contribution in [-0.4, -0.2) is 47.9 Å². The second-order valence-corrected chi connectivity index (χ2v) is 7.66. The zero-order valence-electron chi connectivity index (χ0n) is 17.9. The molecule has 0 radical (unpaired) electrons. The monoisotopic (exact) mass is 450 g/mol. The molecular formula is C22H25F3N4O3. The number of amides is 1. The summed E-state index contributed by atoms with van der Waals surface area (Å²) in [6.45, 7) is 1.98. The molecule has 0 fully saturated rings. The predicted octanol–water partition coefficient (Wildman–Crippen LogP) is 3.78. The van der Waals surface area contributed by atoms with Crippen molar-refractivity contribution in [3.05, 3.63) is 77.4 Å². The Balaban J connectivity index is 1.70. The molecule has 0 bridgehead atoms. The molecule has 0 unspecified atom stereocenters. The predicted molar refractivity (Wildman–Crippen MR) is 110 cm³/mol. The van der Waals surface area contributed by atoms with Crippen molar-refractivity contribution in [3.63, 3.8) is 0 Å². The highest BCUT2D eigenvalue weighted by atomic mass is 19.4. The number of furan rings is 1. The summed E-state index contributed by atoms with van der Waals surface area (Å²) in [6, 6.07) is 6.96. The summed E-state index contributed by atoms with van der Waals surface area (Å²) >= 11 is 0. The van der Waals surface area contributed by atoms with Gasteiger partial charge in [0, 0.05) is 31.7 Å². The molecule has 172 valence electrons. The second kappa shape index (κ2) is 10.5. The molecule has 0 aliphatic heterocycles. The molecule has 1 N–H and O–H groups in total. The van der Waals surface area contributed by atoms with Crippen LogP contribution in [0.25, 0.3) is 0 Å². The van der Waals surface area contributed by atoms with Crippen molar-refractivity contribution < 1.29 is 26.8 Å². The van der Waals surface area contributed by atoms with Gasteiger partial charge >= 0.3 is 6.18 Å². The summed E-state index contributed by atoms with van der Waals surface area (Å²) in [6.07, 6.45) is -0.0408. The number of rotatable bonds is 10. The fourth-order valence-corrected chi connectivity index (χ4v) is 3.08. The first-order valence-corrected chi connectivity index (χ1v) is 9.97. The molecule has 1 aromatic carbocycles. The Labute approximate surface area is 183 Å². The van der Waals surface area contributed by atoms with Gasteiger partial charge in [-0.2, -0.15) is 13.2 Å². The fourth-order valence-electron chi connectivity index (χ4n) is 3.08. The highest BCUT2D eigenvalue weighted by Gasteiger charge is 2.30. The first-order chi connectivity index (χ1) is 15.2. The molecule has 7 nitrogen and oxygen atoms in total. The molecule has 0 aliphatic carbocycles. The van der Waals surface area contributed by atoms with E-state index in [1.54, 1.807) is 18.4 Å². The summed E-state index contributed by atoms with van der Waals surface area (Å²) < 4.78 is 49.8. The molecule has 10 heteroatoms. The van der Waals surface area contributed by atoms with Crippen LogP contribution in [-0.2, 0) is 25.8 Å². The second-order valence-electron chi connectivity index (χ2n) is 7.66. The number of halogens is 3. The third-order valence-corrected chi connectivity index (χ3v) is 4.63. The van der Waals surface area contributed by atoms with Crippen LogP contribution in [0.15, 0.2) is 58.0 Å². The van der Waals surface area contributed by atoms with E-state index in [2.05, 4.69) is 10.3 Å². The van der Waals surface area contributed by atoms with E-state index in [1.807, 2.05) is 23.9 Å². The molecule has 0 atom stereocenters. The zero-order chi connectivity index (χ0) is 23.1. The lowest BCUT2D eigenvalue weighted by Gasteiger charge is -2.20. The maximum absolute atomic E-state index is 13.1.